The molecule has 0 spiro atoms. The number of carboxylic acid groups (broad SMARTS) is 1. The summed E-state index contributed by atoms with van der Waals surface area (Å²) in [6.07, 6.45) is 1.09. The van der Waals surface area contributed by atoms with E-state index in [1.54, 1.807) is 6.92 Å². The minimum absolute atomic E-state index is 0.245. The quantitative estimate of drug-likeness (QED) is 0.750. The van der Waals surface area contributed by atoms with Crippen LogP contribution in [0.5, 0.6) is 0 Å². The third kappa shape index (κ3) is 5.06. The van der Waals surface area contributed by atoms with Gasteiger partial charge in [0, 0.05) is 25.7 Å². The molecule has 2 amide bonds. The van der Waals surface area contributed by atoms with Crippen molar-refractivity contribution < 1.29 is 14.7 Å². The molecule has 0 bridgehead atoms. The fourth-order valence-corrected chi connectivity index (χ4v) is 2.33. The first kappa shape index (κ1) is 15.8. The summed E-state index contributed by atoms with van der Waals surface area (Å²) in [4.78, 5) is 26.1. The van der Waals surface area contributed by atoms with Crippen LogP contribution in [0.1, 0.15) is 27.2 Å². The summed E-state index contributed by atoms with van der Waals surface area (Å²) >= 11 is 0. The van der Waals surface area contributed by atoms with Crippen LogP contribution in [-0.2, 0) is 4.79 Å². The first-order chi connectivity index (χ1) is 8.93. The van der Waals surface area contributed by atoms with Crippen LogP contribution in [0.25, 0.3) is 0 Å². The molecule has 1 aliphatic rings. The number of urea groups is 1. The molecule has 6 heteroatoms. The van der Waals surface area contributed by atoms with E-state index in [0.717, 1.165) is 19.5 Å². The average molecular weight is 271 g/mol. The van der Waals surface area contributed by atoms with Gasteiger partial charge >= 0.3 is 12.0 Å². The zero-order valence-corrected chi connectivity index (χ0v) is 12.1. The van der Waals surface area contributed by atoms with Crippen molar-refractivity contribution in [1.82, 2.24) is 15.1 Å². The molecule has 6 nitrogen and oxygen atoms in total. The van der Waals surface area contributed by atoms with Crippen LogP contribution in [0.4, 0.5) is 4.79 Å². The zero-order valence-electron chi connectivity index (χ0n) is 12.1. The van der Waals surface area contributed by atoms with Gasteiger partial charge in [0.15, 0.2) is 0 Å². The highest BCUT2D eigenvalue weighted by Gasteiger charge is 2.25. The monoisotopic (exact) mass is 271 g/mol. The standard InChI is InChI=1S/C13H25N3O3/c1-4-15(9-12(17)18)13(19)14-7-11-5-6-16(8-11)10(2)3/h10-11H,4-9H2,1-3H3,(H,14,19)(H,17,18). The molecule has 110 valence electrons. The van der Waals surface area contributed by atoms with Crippen LogP contribution in [0.15, 0.2) is 0 Å². The van der Waals surface area contributed by atoms with Gasteiger partial charge in [-0.3, -0.25) is 4.79 Å². The highest BCUT2D eigenvalue weighted by molar-refractivity contribution is 5.80. The average Bonchev–Trinajstić information content (AvgIpc) is 2.81. The first-order valence-electron chi connectivity index (χ1n) is 6.92. The Labute approximate surface area is 114 Å². The third-order valence-electron chi connectivity index (χ3n) is 3.58. The summed E-state index contributed by atoms with van der Waals surface area (Å²) in [6, 6.07) is 0.257. The van der Waals surface area contributed by atoms with Gasteiger partial charge in [0.2, 0.25) is 0 Å². The number of hydrogen-bond donors (Lipinski definition) is 2. The zero-order chi connectivity index (χ0) is 14.4. The summed E-state index contributed by atoms with van der Waals surface area (Å²) in [7, 11) is 0. The van der Waals surface area contributed by atoms with Crippen LogP contribution in [0, 0.1) is 5.92 Å². The molecule has 1 heterocycles. The van der Waals surface area contributed by atoms with E-state index in [9.17, 15) is 9.59 Å². The summed E-state index contributed by atoms with van der Waals surface area (Å²) in [6.45, 7) is 8.98. The maximum atomic E-state index is 11.8. The number of carboxylic acids is 1. The molecule has 1 rings (SSSR count). The Hall–Kier alpha value is -1.30. The molecule has 1 saturated heterocycles. The predicted molar refractivity (Wildman–Crippen MR) is 73.1 cm³/mol. The Kier molecular flexibility index (Phi) is 6.08. The van der Waals surface area contributed by atoms with Gasteiger partial charge in [-0.05, 0) is 39.7 Å². The van der Waals surface area contributed by atoms with E-state index in [1.165, 1.54) is 4.90 Å². The van der Waals surface area contributed by atoms with E-state index < -0.39 is 5.97 Å². The molecule has 0 aromatic rings. The van der Waals surface area contributed by atoms with E-state index in [4.69, 9.17) is 5.11 Å². The second kappa shape index (κ2) is 7.33. The highest BCUT2D eigenvalue weighted by Crippen LogP contribution is 2.17. The van der Waals surface area contributed by atoms with Gasteiger partial charge in [0.25, 0.3) is 0 Å². The minimum atomic E-state index is -0.983. The SMILES string of the molecule is CCN(CC(=O)O)C(=O)NCC1CCN(C(C)C)C1. The van der Waals surface area contributed by atoms with Crippen molar-refractivity contribution in [2.75, 3.05) is 32.7 Å². The van der Waals surface area contributed by atoms with E-state index in [0.29, 0.717) is 25.0 Å². The molecule has 0 aromatic carbocycles. The minimum Gasteiger partial charge on any atom is -0.480 e. The maximum Gasteiger partial charge on any atom is 0.323 e. The lowest BCUT2D eigenvalue weighted by Crippen LogP contribution is -2.44. The summed E-state index contributed by atoms with van der Waals surface area (Å²) in [5, 5.41) is 11.5. The number of amides is 2. The Bertz CT molecular complexity index is 320. The molecular weight excluding hydrogens is 246 g/mol. The highest BCUT2D eigenvalue weighted by atomic mass is 16.4. The van der Waals surface area contributed by atoms with Crippen LogP contribution < -0.4 is 5.32 Å². The van der Waals surface area contributed by atoms with Gasteiger partial charge in [-0.15, -0.1) is 0 Å². The lowest BCUT2D eigenvalue weighted by molar-refractivity contribution is -0.137. The smallest absolute Gasteiger partial charge is 0.323 e. The van der Waals surface area contributed by atoms with Gasteiger partial charge < -0.3 is 20.2 Å². The number of aliphatic carboxylic acids is 1. The van der Waals surface area contributed by atoms with Gasteiger partial charge in [0.05, 0.1) is 0 Å². The lowest BCUT2D eigenvalue weighted by Gasteiger charge is -2.22. The number of likely N-dealkylation sites (tertiary alicyclic amines) is 1. The molecule has 1 fully saturated rings. The van der Waals surface area contributed by atoms with Crippen molar-refractivity contribution in [3.05, 3.63) is 0 Å². The topological polar surface area (TPSA) is 72.9 Å². The molecule has 2 N–H and O–H groups in total. The number of carbonyl (C=O) groups excluding carboxylic acids is 1. The van der Waals surface area contributed by atoms with Crippen molar-refractivity contribution in [3.63, 3.8) is 0 Å². The van der Waals surface area contributed by atoms with Crippen LogP contribution >= 0.6 is 0 Å². The van der Waals surface area contributed by atoms with Gasteiger partial charge in [-0.2, -0.15) is 0 Å². The van der Waals surface area contributed by atoms with E-state index in [1.807, 2.05) is 0 Å². The van der Waals surface area contributed by atoms with Crippen molar-refractivity contribution in [3.8, 4) is 0 Å². The second-order valence-electron chi connectivity index (χ2n) is 5.34. The number of nitrogens with one attached hydrogen (secondary N) is 1. The number of nitrogens with zero attached hydrogens (tertiary/aromatic N) is 2. The maximum absolute atomic E-state index is 11.8. The van der Waals surface area contributed by atoms with E-state index in [2.05, 4.69) is 24.1 Å². The van der Waals surface area contributed by atoms with E-state index >= 15 is 0 Å². The lowest BCUT2D eigenvalue weighted by atomic mass is 10.1. The Morgan fingerprint density at radius 1 is 1.47 bits per heavy atom. The molecule has 0 radical (unpaired) electrons. The van der Waals surface area contributed by atoms with Crippen molar-refractivity contribution in [2.45, 2.75) is 33.2 Å². The normalized spacial score (nSPS) is 19.7. The molecule has 1 atom stereocenters. The molecule has 0 aromatic heterocycles. The molecule has 19 heavy (non-hydrogen) atoms. The summed E-state index contributed by atoms with van der Waals surface area (Å²) in [5.41, 5.74) is 0. The molecule has 0 aliphatic carbocycles. The number of carbonyl (C=O) groups is 2. The summed E-state index contributed by atoms with van der Waals surface area (Å²) < 4.78 is 0. The molecular formula is C13H25N3O3. The van der Waals surface area contributed by atoms with Crippen molar-refractivity contribution in [1.29, 1.82) is 0 Å². The third-order valence-corrected chi connectivity index (χ3v) is 3.58. The van der Waals surface area contributed by atoms with E-state index in [-0.39, 0.29) is 12.6 Å². The van der Waals surface area contributed by atoms with Crippen molar-refractivity contribution >= 4 is 12.0 Å². The van der Waals surface area contributed by atoms with Crippen LogP contribution in [0.3, 0.4) is 0 Å². The second-order valence-corrected chi connectivity index (χ2v) is 5.34. The largest absolute Gasteiger partial charge is 0.480 e. The first-order valence-corrected chi connectivity index (χ1v) is 6.92. The Balaban J connectivity index is 2.32. The molecule has 1 unspecified atom stereocenters. The van der Waals surface area contributed by atoms with Gasteiger partial charge in [0.1, 0.15) is 6.54 Å². The van der Waals surface area contributed by atoms with Gasteiger partial charge in [-0.1, -0.05) is 0 Å². The Morgan fingerprint density at radius 3 is 2.63 bits per heavy atom. The van der Waals surface area contributed by atoms with Gasteiger partial charge in [-0.25, -0.2) is 4.79 Å². The molecule has 0 saturated carbocycles. The number of hydrogen-bond acceptors (Lipinski definition) is 3. The number of likely N-dealkylation sites (N-methyl/N-ethyl adjacent to an activating group) is 1. The predicted octanol–water partition coefficient (Wildman–Crippen LogP) is 0.833. The fraction of sp³-hybridized carbons (Fsp3) is 0.846. The Morgan fingerprint density at radius 2 is 2.16 bits per heavy atom. The van der Waals surface area contributed by atoms with Crippen LogP contribution in [-0.4, -0.2) is 65.7 Å². The van der Waals surface area contributed by atoms with Crippen molar-refractivity contribution in [2.24, 2.45) is 5.92 Å². The van der Waals surface area contributed by atoms with Crippen LogP contribution in [0.2, 0.25) is 0 Å². The fourth-order valence-electron chi connectivity index (χ4n) is 2.33. The number of rotatable bonds is 6. The summed E-state index contributed by atoms with van der Waals surface area (Å²) in [5.74, 6) is -0.515. The molecule has 1 aliphatic heterocycles.